The Hall–Kier alpha value is -1.25. The van der Waals surface area contributed by atoms with Crippen molar-refractivity contribution >= 4 is 47.6 Å². The molecule has 0 atom stereocenters. The third kappa shape index (κ3) is 3.49. The lowest BCUT2D eigenvalue weighted by atomic mass is 10.2. The number of ether oxygens (including phenoxy) is 2. The van der Waals surface area contributed by atoms with Crippen LogP contribution in [-0.2, 0) is 10.0 Å². The van der Waals surface area contributed by atoms with Gasteiger partial charge in [-0.05, 0) is 56.5 Å². The summed E-state index contributed by atoms with van der Waals surface area (Å²) >= 11 is 6.66. The molecule has 23 heavy (non-hydrogen) atoms. The van der Waals surface area contributed by atoms with E-state index in [2.05, 4.69) is 36.6 Å². The fraction of sp³-hybridized carbons (Fsp3) is 0.200. The molecule has 0 saturated heterocycles. The minimum absolute atomic E-state index is 0.171. The zero-order valence-corrected chi connectivity index (χ0v) is 16.1. The topological polar surface area (TPSA) is 64.6 Å². The number of rotatable bonds is 3. The molecule has 0 unspecified atom stereocenters. The number of benzene rings is 2. The summed E-state index contributed by atoms with van der Waals surface area (Å²) in [4.78, 5) is 0.171. The van der Waals surface area contributed by atoms with Crippen LogP contribution in [0.3, 0.4) is 0 Å². The van der Waals surface area contributed by atoms with Crippen molar-refractivity contribution in [3.05, 3.63) is 44.8 Å². The third-order valence-electron chi connectivity index (χ3n) is 3.25. The van der Waals surface area contributed by atoms with Crippen LogP contribution in [0.2, 0.25) is 0 Å². The molecule has 1 N–H and O–H groups in total. The number of anilines is 1. The molecule has 1 aliphatic rings. The van der Waals surface area contributed by atoms with Crippen LogP contribution < -0.4 is 14.2 Å². The monoisotopic (exact) mass is 461 g/mol. The van der Waals surface area contributed by atoms with Crippen molar-refractivity contribution in [1.29, 1.82) is 0 Å². The van der Waals surface area contributed by atoms with E-state index >= 15 is 0 Å². The maximum atomic E-state index is 12.6. The van der Waals surface area contributed by atoms with Gasteiger partial charge in [-0.3, -0.25) is 4.72 Å². The molecule has 0 radical (unpaired) electrons. The molecule has 0 aromatic heterocycles. The van der Waals surface area contributed by atoms with Crippen LogP contribution in [0.15, 0.2) is 44.2 Å². The van der Waals surface area contributed by atoms with Crippen LogP contribution in [0, 0.1) is 6.92 Å². The van der Waals surface area contributed by atoms with Crippen molar-refractivity contribution in [2.45, 2.75) is 11.8 Å². The second kappa shape index (κ2) is 6.33. The van der Waals surface area contributed by atoms with E-state index < -0.39 is 10.0 Å². The quantitative estimate of drug-likeness (QED) is 0.745. The summed E-state index contributed by atoms with van der Waals surface area (Å²) in [5.41, 5.74) is 1.36. The number of nitrogens with one attached hydrogen (secondary N) is 1. The summed E-state index contributed by atoms with van der Waals surface area (Å²) in [5.74, 6) is 1.10. The van der Waals surface area contributed by atoms with Crippen LogP contribution >= 0.6 is 31.9 Å². The predicted octanol–water partition coefficient (Wildman–Crippen LogP) is 4.09. The summed E-state index contributed by atoms with van der Waals surface area (Å²) in [5, 5.41) is 0. The minimum atomic E-state index is -3.73. The van der Waals surface area contributed by atoms with E-state index in [1.165, 1.54) is 0 Å². The van der Waals surface area contributed by atoms with Gasteiger partial charge < -0.3 is 9.47 Å². The molecule has 1 aliphatic heterocycles. The Morgan fingerprint density at radius 2 is 1.65 bits per heavy atom. The van der Waals surface area contributed by atoms with E-state index in [9.17, 15) is 8.42 Å². The van der Waals surface area contributed by atoms with Crippen molar-refractivity contribution in [1.82, 2.24) is 0 Å². The average molecular weight is 463 g/mol. The summed E-state index contributed by atoms with van der Waals surface area (Å²) < 4.78 is 39.9. The molecular weight excluding hydrogens is 450 g/mol. The molecular formula is C15H13Br2NO4S. The zero-order valence-electron chi connectivity index (χ0n) is 12.1. The van der Waals surface area contributed by atoms with Gasteiger partial charge in [0, 0.05) is 21.1 Å². The molecule has 0 spiro atoms. The summed E-state index contributed by atoms with van der Waals surface area (Å²) in [7, 11) is -3.73. The van der Waals surface area contributed by atoms with Gasteiger partial charge in [0.05, 0.1) is 5.69 Å². The Morgan fingerprint density at radius 3 is 2.30 bits per heavy atom. The maximum Gasteiger partial charge on any atom is 0.263 e. The van der Waals surface area contributed by atoms with Crippen molar-refractivity contribution in [2.24, 2.45) is 0 Å². The number of hydrogen-bond donors (Lipinski definition) is 1. The SMILES string of the molecule is Cc1ccc(S(=O)(=O)Nc2cc3c(cc2Br)OCCO3)c(Br)c1. The Balaban J connectivity index is 1.97. The van der Waals surface area contributed by atoms with Gasteiger partial charge >= 0.3 is 0 Å². The van der Waals surface area contributed by atoms with E-state index in [4.69, 9.17) is 9.47 Å². The average Bonchev–Trinajstić information content (AvgIpc) is 2.47. The van der Waals surface area contributed by atoms with Crippen LogP contribution in [0.4, 0.5) is 5.69 Å². The number of aryl methyl sites for hydroxylation is 1. The van der Waals surface area contributed by atoms with E-state index in [0.29, 0.717) is 39.3 Å². The molecule has 122 valence electrons. The fourth-order valence-corrected chi connectivity index (χ4v) is 4.98. The van der Waals surface area contributed by atoms with E-state index in [1.54, 1.807) is 30.3 Å². The normalized spacial score (nSPS) is 13.7. The van der Waals surface area contributed by atoms with E-state index in [1.807, 2.05) is 6.92 Å². The van der Waals surface area contributed by atoms with Gasteiger partial charge in [-0.2, -0.15) is 0 Å². The summed E-state index contributed by atoms with van der Waals surface area (Å²) in [6, 6.07) is 8.37. The largest absolute Gasteiger partial charge is 0.486 e. The van der Waals surface area contributed by atoms with Crippen molar-refractivity contribution in [3.8, 4) is 11.5 Å². The number of halogens is 2. The lowest BCUT2D eigenvalue weighted by Gasteiger charge is -2.20. The second-order valence-corrected chi connectivity index (χ2v) is 8.37. The van der Waals surface area contributed by atoms with Gasteiger partial charge in [-0.15, -0.1) is 0 Å². The first-order valence-electron chi connectivity index (χ1n) is 6.75. The van der Waals surface area contributed by atoms with E-state index in [-0.39, 0.29) is 4.90 Å². The molecule has 0 amide bonds. The Morgan fingerprint density at radius 1 is 1.00 bits per heavy atom. The Bertz CT molecular complexity index is 868. The van der Waals surface area contributed by atoms with Crippen molar-refractivity contribution in [2.75, 3.05) is 17.9 Å². The Kier molecular flexibility index (Phi) is 4.57. The first kappa shape index (κ1) is 16.6. The Labute approximate surface area is 151 Å². The highest BCUT2D eigenvalue weighted by atomic mass is 79.9. The maximum absolute atomic E-state index is 12.6. The third-order valence-corrected chi connectivity index (χ3v) is 6.25. The number of sulfonamides is 1. The molecule has 0 saturated carbocycles. The molecule has 0 fully saturated rings. The summed E-state index contributed by atoms with van der Waals surface area (Å²) in [6.45, 7) is 2.80. The molecule has 0 aliphatic carbocycles. The van der Waals surface area contributed by atoms with Crippen LogP contribution in [0.1, 0.15) is 5.56 Å². The number of hydrogen-bond acceptors (Lipinski definition) is 4. The molecule has 1 heterocycles. The lowest BCUT2D eigenvalue weighted by Crippen LogP contribution is -2.17. The minimum Gasteiger partial charge on any atom is -0.486 e. The van der Waals surface area contributed by atoms with Gasteiger partial charge in [0.25, 0.3) is 10.0 Å². The molecule has 0 bridgehead atoms. The second-order valence-electron chi connectivity index (χ2n) is 5.02. The first-order chi connectivity index (χ1) is 10.9. The standard InChI is InChI=1S/C15H13Br2NO4S/c1-9-2-3-15(11(17)6-9)23(19,20)18-12-8-14-13(7-10(12)16)21-4-5-22-14/h2-3,6-8,18H,4-5H2,1H3. The molecule has 5 nitrogen and oxygen atoms in total. The van der Waals surface area contributed by atoms with Crippen LogP contribution in [0.25, 0.3) is 0 Å². The highest BCUT2D eigenvalue weighted by Crippen LogP contribution is 2.39. The predicted molar refractivity (Wildman–Crippen MR) is 94.8 cm³/mol. The van der Waals surface area contributed by atoms with Crippen molar-refractivity contribution < 1.29 is 17.9 Å². The van der Waals surface area contributed by atoms with Gasteiger partial charge in [0.15, 0.2) is 11.5 Å². The van der Waals surface area contributed by atoms with E-state index in [0.717, 1.165) is 5.56 Å². The molecule has 2 aromatic rings. The zero-order chi connectivity index (χ0) is 16.6. The van der Waals surface area contributed by atoms with Crippen LogP contribution in [-0.4, -0.2) is 21.6 Å². The van der Waals surface area contributed by atoms with Gasteiger partial charge in [0.2, 0.25) is 0 Å². The smallest absolute Gasteiger partial charge is 0.263 e. The van der Waals surface area contributed by atoms with Gasteiger partial charge in [-0.25, -0.2) is 8.42 Å². The van der Waals surface area contributed by atoms with Gasteiger partial charge in [0.1, 0.15) is 18.1 Å². The summed E-state index contributed by atoms with van der Waals surface area (Å²) in [6.07, 6.45) is 0. The molecule has 2 aromatic carbocycles. The molecule has 3 rings (SSSR count). The highest BCUT2D eigenvalue weighted by Gasteiger charge is 2.21. The highest BCUT2D eigenvalue weighted by molar-refractivity contribution is 9.11. The number of fused-ring (bicyclic) bond motifs is 1. The fourth-order valence-electron chi connectivity index (χ4n) is 2.17. The first-order valence-corrected chi connectivity index (χ1v) is 9.82. The van der Waals surface area contributed by atoms with Gasteiger partial charge in [-0.1, -0.05) is 6.07 Å². The van der Waals surface area contributed by atoms with Crippen molar-refractivity contribution in [3.63, 3.8) is 0 Å². The lowest BCUT2D eigenvalue weighted by molar-refractivity contribution is 0.171. The van der Waals surface area contributed by atoms with Crippen LogP contribution in [0.5, 0.6) is 11.5 Å². The molecule has 8 heteroatoms.